The van der Waals surface area contributed by atoms with Gasteiger partial charge in [0.2, 0.25) is 0 Å². The molecule has 0 saturated carbocycles. The van der Waals surface area contributed by atoms with E-state index in [0.717, 1.165) is 29.7 Å². The quantitative estimate of drug-likeness (QED) is 0.460. The first-order valence-corrected chi connectivity index (χ1v) is 9.37. The molecular formula is C18H19N3S2. The lowest BCUT2D eigenvalue weighted by Crippen LogP contribution is -2.04. The molecular weight excluding hydrogens is 322 g/mol. The Morgan fingerprint density at radius 1 is 1.22 bits per heavy atom. The van der Waals surface area contributed by atoms with Gasteiger partial charge in [-0.1, -0.05) is 48.2 Å². The van der Waals surface area contributed by atoms with Crippen molar-refractivity contribution >= 4 is 23.1 Å². The molecule has 0 radical (unpaired) electrons. The monoisotopic (exact) mass is 341 g/mol. The summed E-state index contributed by atoms with van der Waals surface area (Å²) in [5, 5.41) is 11.8. The molecule has 2 aromatic heterocycles. The Balaban J connectivity index is 1.77. The molecule has 1 aromatic carbocycles. The molecule has 0 atom stereocenters. The summed E-state index contributed by atoms with van der Waals surface area (Å²) in [6.07, 6.45) is 2.72. The molecule has 118 valence electrons. The summed E-state index contributed by atoms with van der Waals surface area (Å²) in [5.74, 6) is 1.90. The van der Waals surface area contributed by atoms with E-state index in [4.69, 9.17) is 0 Å². The number of hydrogen-bond acceptors (Lipinski definition) is 4. The summed E-state index contributed by atoms with van der Waals surface area (Å²) in [6, 6.07) is 12.7. The van der Waals surface area contributed by atoms with Crippen LogP contribution in [-0.2, 0) is 18.7 Å². The third kappa shape index (κ3) is 3.92. The Hall–Kier alpha value is -1.85. The van der Waals surface area contributed by atoms with E-state index in [1.54, 1.807) is 23.1 Å². The number of hydrogen-bond donors (Lipinski definition) is 0. The van der Waals surface area contributed by atoms with E-state index >= 15 is 0 Å². The number of thioether (sulfide) groups is 1. The number of thiophene rings is 1. The zero-order chi connectivity index (χ0) is 16.1. The first-order chi connectivity index (χ1) is 11.3. The van der Waals surface area contributed by atoms with Gasteiger partial charge < -0.3 is 4.57 Å². The van der Waals surface area contributed by atoms with Crippen molar-refractivity contribution < 1.29 is 0 Å². The van der Waals surface area contributed by atoms with E-state index in [9.17, 15) is 0 Å². The van der Waals surface area contributed by atoms with Gasteiger partial charge in [-0.25, -0.2) is 0 Å². The molecule has 0 aliphatic carbocycles. The maximum absolute atomic E-state index is 4.40. The average Bonchev–Trinajstić information content (AvgIpc) is 3.19. The molecule has 0 N–H and O–H groups in total. The summed E-state index contributed by atoms with van der Waals surface area (Å²) in [6.45, 7) is 6.75. The number of allylic oxidation sites excluding steroid dienone is 1. The van der Waals surface area contributed by atoms with Crippen LogP contribution in [0.15, 0.2) is 59.6 Å². The minimum absolute atomic E-state index is 0.740. The van der Waals surface area contributed by atoms with Crippen LogP contribution in [0.3, 0.4) is 0 Å². The number of aryl methyl sites for hydroxylation is 1. The number of rotatable bonds is 7. The fourth-order valence-corrected chi connectivity index (χ4v) is 4.10. The molecule has 0 spiro atoms. The lowest BCUT2D eigenvalue weighted by atomic mass is 10.1. The van der Waals surface area contributed by atoms with Crippen molar-refractivity contribution in [3.05, 3.63) is 76.3 Å². The van der Waals surface area contributed by atoms with Crippen LogP contribution in [0.25, 0.3) is 0 Å². The zero-order valence-corrected chi connectivity index (χ0v) is 14.7. The van der Waals surface area contributed by atoms with Crippen LogP contribution in [0, 0.1) is 6.92 Å². The summed E-state index contributed by atoms with van der Waals surface area (Å²) >= 11 is 3.48. The first-order valence-electron chi connectivity index (χ1n) is 7.50. The summed E-state index contributed by atoms with van der Waals surface area (Å²) in [7, 11) is 0. The SMILES string of the molecule is C=CCn1c(Cc2cccs2)nnc1SCc1ccccc1C. The lowest BCUT2D eigenvalue weighted by Gasteiger charge is -2.08. The molecule has 3 nitrogen and oxygen atoms in total. The van der Waals surface area contributed by atoms with E-state index in [-0.39, 0.29) is 0 Å². The van der Waals surface area contributed by atoms with Crippen molar-refractivity contribution in [2.75, 3.05) is 0 Å². The van der Waals surface area contributed by atoms with E-state index in [0.29, 0.717) is 0 Å². The molecule has 0 saturated heterocycles. The number of nitrogens with zero attached hydrogens (tertiary/aromatic N) is 3. The van der Waals surface area contributed by atoms with Gasteiger partial charge >= 0.3 is 0 Å². The number of aromatic nitrogens is 3. The van der Waals surface area contributed by atoms with Gasteiger partial charge in [0, 0.05) is 23.6 Å². The third-order valence-electron chi connectivity index (χ3n) is 3.64. The van der Waals surface area contributed by atoms with Crippen LogP contribution in [0.5, 0.6) is 0 Å². The van der Waals surface area contributed by atoms with Crippen LogP contribution < -0.4 is 0 Å². The Morgan fingerprint density at radius 3 is 2.83 bits per heavy atom. The standard InChI is InChI=1S/C18H19N3S2/c1-3-10-21-17(12-16-9-6-11-22-16)19-20-18(21)23-13-15-8-5-4-7-14(15)2/h3-9,11H,1,10,12-13H2,2H3. The van der Waals surface area contributed by atoms with Gasteiger partial charge in [-0.05, 0) is 29.5 Å². The average molecular weight is 342 g/mol. The maximum atomic E-state index is 4.40. The molecule has 0 bridgehead atoms. The molecule has 23 heavy (non-hydrogen) atoms. The molecule has 3 aromatic rings. The molecule has 3 rings (SSSR count). The van der Waals surface area contributed by atoms with Crippen LogP contribution in [-0.4, -0.2) is 14.8 Å². The molecule has 0 fully saturated rings. The first kappa shape index (κ1) is 16.0. The molecule has 0 aliphatic rings. The van der Waals surface area contributed by atoms with Crippen LogP contribution in [0.1, 0.15) is 21.8 Å². The highest BCUT2D eigenvalue weighted by molar-refractivity contribution is 7.98. The second-order valence-electron chi connectivity index (χ2n) is 5.27. The molecule has 0 aliphatic heterocycles. The summed E-state index contributed by atoms with van der Waals surface area (Å²) < 4.78 is 2.16. The normalized spacial score (nSPS) is 10.8. The van der Waals surface area contributed by atoms with Crippen LogP contribution >= 0.6 is 23.1 Å². The van der Waals surface area contributed by atoms with E-state index < -0.39 is 0 Å². The van der Waals surface area contributed by atoms with Crippen molar-refractivity contribution in [1.29, 1.82) is 0 Å². The second-order valence-corrected chi connectivity index (χ2v) is 7.24. The van der Waals surface area contributed by atoms with Gasteiger partial charge in [-0.15, -0.1) is 28.1 Å². The van der Waals surface area contributed by atoms with E-state index in [1.807, 2.05) is 6.08 Å². The highest BCUT2D eigenvalue weighted by atomic mass is 32.2. The van der Waals surface area contributed by atoms with Crippen molar-refractivity contribution in [3.63, 3.8) is 0 Å². The van der Waals surface area contributed by atoms with Gasteiger partial charge in [0.25, 0.3) is 0 Å². The predicted octanol–water partition coefficient (Wildman–Crippen LogP) is 4.72. The zero-order valence-electron chi connectivity index (χ0n) is 13.1. The van der Waals surface area contributed by atoms with Crippen LogP contribution in [0.2, 0.25) is 0 Å². The van der Waals surface area contributed by atoms with Gasteiger partial charge in [0.1, 0.15) is 5.82 Å². The fourth-order valence-electron chi connectivity index (χ4n) is 2.35. The van der Waals surface area contributed by atoms with Gasteiger partial charge in [-0.3, -0.25) is 0 Å². The smallest absolute Gasteiger partial charge is 0.191 e. The second kappa shape index (κ2) is 7.62. The highest BCUT2D eigenvalue weighted by Crippen LogP contribution is 2.25. The lowest BCUT2D eigenvalue weighted by molar-refractivity contribution is 0.692. The third-order valence-corrected chi connectivity index (χ3v) is 5.53. The maximum Gasteiger partial charge on any atom is 0.191 e. The Kier molecular flexibility index (Phi) is 5.31. The van der Waals surface area contributed by atoms with Gasteiger partial charge in [-0.2, -0.15) is 0 Å². The van der Waals surface area contributed by atoms with Gasteiger partial charge in [0.05, 0.1) is 0 Å². The predicted molar refractivity (Wildman–Crippen MR) is 98.1 cm³/mol. The molecule has 2 heterocycles. The van der Waals surface area contributed by atoms with E-state index in [2.05, 4.69) is 70.0 Å². The molecule has 0 amide bonds. The number of benzene rings is 1. The largest absolute Gasteiger partial charge is 0.302 e. The van der Waals surface area contributed by atoms with Crippen molar-refractivity contribution in [1.82, 2.24) is 14.8 Å². The minimum atomic E-state index is 0.740. The molecule has 5 heteroatoms. The van der Waals surface area contributed by atoms with Gasteiger partial charge in [0.15, 0.2) is 5.16 Å². The van der Waals surface area contributed by atoms with Crippen molar-refractivity contribution in [3.8, 4) is 0 Å². The summed E-state index contributed by atoms with van der Waals surface area (Å²) in [4.78, 5) is 1.30. The topological polar surface area (TPSA) is 30.7 Å². The summed E-state index contributed by atoms with van der Waals surface area (Å²) in [5.41, 5.74) is 2.65. The Bertz CT molecular complexity index is 775. The van der Waals surface area contributed by atoms with Crippen LogP contribution in [0.4, 0.5) is 0 Å². The molecule has 0 unspecified atom stereocenters. The van der Waals surface area contributed by atoms with Crippen molar-refractivity contribution in [2.24, 2.45) is 0 Å². The van der Waals surface area contributed by atoms with E-state index in [1.165, 1.54) is 16.0 Å². The van der Waals surface area contributed by atoms with Crippen molar-refractivity contribution in [2.45, 2.75) is 30.8 Å². The fraction of sp³-hybridized carbons (Fsp3) is 0.222. The Labute approximate surface area is 145 Å². The minimum Gasteiger partial charge on any atom is -0.302 e. The highest BCUT2D eigenvalue weighted by Gasteiger charge is 2.13. The Morgan fingerprint density at radius 2 is 2.09 bits per heavy atom.